The second-order valence-electron chi connectivity index (χ2n) is 7.68. The molecule has 2 saturated heterocycles. The molecule has 3 rings (SSSR count). The van der Waals surface area contributed by atoms with Crippen molar-refractivity contribution in [1.29, 1.82) is 0 Å². The van der Waals surface area contributed by atoms with Crippen LogP contribution in [0.5, 0.6) is 0 Å². The van der Waals surface area contributed by atoms with Crippen molar-refractivity contribution in [3.05, 3.63) is 29.3 Å². The molecule has 1 aromatic carbocycles. The van der Waals surface area contributed by atoms with Crippen LogP contribution in [0.3, 0.4) is 0 Å². The van der Waals surface area contributed by atoms with Crippen LogP contribution in [0.2, 0.25) is 0 Å². The molecule has 0 atom stereocenters. The maximum absolute atomic E-state index is 12.4. The molecule has 0 spiro atoms. The maximum atomic E-state index is 12.4. The van der Waals surface area contributed by atoms with Crippen LogP contribution in [0, 0.1) is 13.8 Å². The highest BCUT2D eigenvalue weighted by Crippen LogP contribution is 2.19. The molecule has 1 aromatic rings. The molecular formula is C21H30N4O4. The molecule has 0 saturated carbocycles. The maximum Gasteiger partial charge on any atom is 0.409 e. The summed E-state index contributed by atoms with van der Waals surface area (Å²) in [5, 5.41) is 3.01. The minimum absolute atomic E-state index is 0.0281. The summed E-state index contributed by atoms with van der Waals surface area (Å²) >= 11 is 0. The van der Waals surface area contributed by atoms with Crippen LogP contribution < -0.4 is 5.32 Å². The zero-order valence-corrected chi connectivity index (χ0v) is 17.3. The Labute approximate surface area is 171 Å². The number of nitrogens with one attached hydrogen (secondary N) is 1. The van der Waals surface area contributed by atoms with E-state index in [1.165, 1.54) is 0 Å². The van der Waals surface area contributed by atoms with Crippen LogP contribution >= 0.6 is 0 Å². The van der Waals surface area contributed by atoms with Crippen LogP contribution in [0.1, 0.15) is 24.0 Å². The number of aryl methyl sites for hydroxylation is 2. The molecule has 2 aliphatic rings. The van der Waals surface area contributed by atoms with Crippen molar-refractivity contribution >= 4 is 23.6 Å². The molecule has 8 heteroatoms. The third kappa shape index (κ3) is 5.69. The van der Waals surface area contributed by atoms with E-state index >= 15 is 0 Å². The predicted molar refractivity (Wildman–Crippen MR) is 110 cm³/mol. The highest BCUT2D eigenvalue weighted by atomic mass is 16.6. The summed E-state index contributed by atoms with van der Waals surface area (Å²) in [5.74, 6) is 0.0804. The van der Waals surface area contributed by atoms with Crippen LogP contribution in [0.4, 0.5) is 10.5 Å². The van der Waals surface area contributed by atoms with Gasteiger partial charge in [0.15, 0.2) is 0 Å². The van der Waals surface area contributed by atoms with Crippen molar-refractivity contribution in [1.82, 2.24) is 14.7 Å². The molecule has 0 bridgehead atoms. The SMILES string of the molecule is Cc1cccc(C)c1NC(=O)CN1CCN(C(=O)CCCN2CCOC2=O)CC1. The monoisotopic (exact) mass is 402 g/mol. The van der Waals surface area contributed by atoms with E-state index in [4.69, 9.17) is 4.74 Å². The highest BCUT2D eigenvalue weighted by Gasteiger charge is 2.24. The smallest absolute Gasteiger partial charge is 0.409 e. The fraction of sp³-hybridized carbons (Fsp3) is 0.571. The first-order valence-electron chi connectivity index (χ1n) is 10.2. The van der Waals surface area contributed by atoms with Crippen molar-refractivity contribution in [3.63, 3.8) is 0 Å². The van der Waals surface area contributed by atoms with Crippen LogP contribution in [-0.2, 0) is 14.3 Å². The van der Waals surface area contributed by atoms with Gasteiger partial charge in [-0.25, -0.2) is 4.79 Å². The Kier molecular flexibility index (Phi) is 7.09. The lowest BCUT2D eigenvalue weighted by Crippen LogP contribution is -2.50. The highest BCUT2D eigenvalue weighted by molar-refractivity contribution is 5.93. The fourth-order valence-electron chi connectivity index (χ4n) is 3.76. The lowest BCUT2D eigenvalue weighted by molar-refractivity contribution is -0.133. The third-order valence-electron chi connectivity index (χ3n) is 5.50. The average molecular weight is 402 g/mol. The Morgan fingerprint density at radius 1 is 1.07 bits per heavy atom. The number of amides is 3. The second kappa shape index (κ2) is 9.73. The van der Waals surface area contributed by atoms with E-state index in [0.717, 1.165) is 16.8 Å². The lowest BCUT2D eigenvalue weighted by atomic mass is 10.1. The number of benzene rings is 1. The van der Waals surface area contributed by atoms with Gasteiger partial charge in [-0.2, -0.15) is 0 Å². The third-order valence-corrected chi connectivity index (χ3v) is 5.50. The number of carbonyl (C=O) groups excluding carboxylic acids is 3. The summed E-state index contributed by atoms with van der Waals surface area (Å²) in [4.78, 5) is 41.8. The molecule has 8 nitrogen and oxygen atoms in total. The van der Waals surface area contributed by atoms with Gasteiger partial charge in [0.25, 0.3) is 0 Å². The number of carbonyl (C=O) groups is 3. The van der Waals surface area contributed by atoms with Gasteiger partial charge in [0, 0.05) is 44.8 Å². The first-order valence-corrected chi connectivity index (χ1v) is 10.2. The van der Waals surface area contributed by atoms with Gasteiger partial charge in [-0.1, -0.05) is 18.2 Å². The molecule has 3 amide bonds. The number of rotatable bonds is 7. The minimum Gasteiger partial charge on any atom is -0.448 e. The number of piperazine rings is 1. The molecule has 2 heterocycles. The van der Waals surface area contributed by atoms with Crippen molar-refractivity contribution in [2.24, 2.45) is 0 Å². The normalized spacial score (nSPS) is 17.4. The Bertz CT molecular complexity index is 739. The summed E-state index contributed by atoms with van der Waals surface area (Å²) in [5.41, 5.74) is 2.99. The first kappa shape index (κ1) is 21.1. The van der Waals surface area contributed by atoms with E-state index in [1.807, 2.05) is 36.9 Å². The summed E-state index contributed by atoms with van der Waals surface area (Å²) < 4.78 is 4.89. The molecule has 0 aliphatic carbocycles. The van der Waals surface area contributed by atoms with Gasteiger partial charge in [-0.15, -0.1) is 0 Å². The molecule has 2 aliphatic heterocycles. The zero-order chi connectivity index (χ0) is 20.8. The van der Waals surface area contributed by atoms with Crippen molar-refractivity contribution in [2.75, 3.05) is 57.7 Å². The largest absolute Gasteiger partial charge is 0.448 e. The van der Waals surface area contributed by atoms with Gasteiger partial charge in [0.2, 0.25) is 11.8 Å². The van der Waals surface area contributed by atoms with E-state index in [-0.39, 0.29) is 17.9 Å². The number of nitrogens with zero attached hydrogens (tertiary/aromatic N) is 3. The van der Waals surface area contributed by atoms with Gasteiger partial charge in [-0.3, -0.25) is 14.5 Å². The number of anilines is 1. The summed E-state index contributed by atoms with van der Waals surface area (Å²) in [6, 6.07) is 5.95. The van der Waals surface area contributed by atoms with E-state index in [9.17, 15) is 14.4 Å². The summed E-state index contributed by atoms with van der Waals surface area (Å²) in [6.07, 6.45) is 0.786. The van der Waals surface area contributed by atoms with E-state index in [2.05, 4.69) is 10.2 Å². The standard InChI is InChI=1S/C21H30N4O4/c1-16-5-3-6-17(2)20(16)22-18(26)15-23-9-11-24(12-10-23)19(27)7-4-8-25-13-14-29-21(25)28/h3,5-6H,4,7-15H2,1-2H3,(H,22,26). The van der Waals surface area contributed by atoms with Crippen LogP contribution in [0.25, 0.3) is 0 Å². The Balaban J connectivity index is 1.37. The average Bonchev–Trinajstić information content (AvgIpc) is 3.10. The van der Waals surface area contributed by atoms with Gasteiger partial charge in [-0.05, 0) is 31.4 Å². The summed E-state index contributed by atoms with van der Waals surface area (Å²) in [6.45, 7) is 8.52. The molecule has 2 fully saturated rings. The molecule has 0 radical (unpaired) electrons. The minimum atomic E-state index is -0.287. The van der Waals surface area contributed by atoms with Crippen molar-refractivity contribution in [3.8, 4) is 0 Å². The van der Waals surface area contributed by atoms with Crippen molar-refractivity contribution < 1.29 is 19.1 Å². The fourth-order valence-corrected chi connectivity index (χ4v) is 3.76. The molecule has 1 N–H and O–H groups in total. The number of hydrogen-bond donors (Lipinski definition) is 1. The van der Waals surface area contributed by atoms with E-state index < -0.39 is 0 Å². The first-order chi connectivity index (χ1) is 13.9. The molecule has 0 aromatic heterocycles. The molecule has 29 heavy (non-hydrogen) atoms. The number of ether oxygens (including phenoxy) is 1. The van der Waals surface area contributed by atoms with Gasteiger partial charge < -0.3 is 19.9 Å². The Morgan fingerprint density at radius 3 is 2.38 bits per heavy atom. The molecule has 0 unspecified atom stereocenters. The Hall–Kier alpha value is -2.61. The topological polar surface area (TPSA) is 82.2 Å². The van der Waals surface area contributed by atoms with Crippen molar-refractivity contribution in [2.45, 2.75) is 26.7 Å². The van der Waals surface area contributed by atoms with Gasteiger partial charge >= 0.3 is 6.09 Å². The van der Waals surface area contributed by atoms with Gasteiger partial charge in [0.1, 0.15) is 6.61 Å². The summed E-state index contributed by atoms with van der Waals surface area (Å²) in [7, 11) is 0. The Morgan fingerprint density at radius 2 is 1.76 bits per heavy atom. The van der Waals surface area contributed by atoms with Gasteiger partial charge in [0.05, 0.1) is 13.1 Å². The zero-order valence-electron chi connectivity index (χ0n) is 17.3. The number of cyclic esters (lactones) is 1. The lowest BCUT2D eigenvalue weighted by Gasteiger charge is -2.34. The molecular weight excluding hydrogens is 372 g/mol. The van der Waals surface area contributed by atoms with Crippen LogP contribution in [0.15, 0.2) is 18.2 Å². The van der Waals surface area contributed by atoms with E-state index in [0.29, 0.717) is 65.3 Å². The number of para-hydroxylation sites is 1. The number of hydrogen-bond acceptors (Lipinski definition) is 5. The van der Waals surface area contributed by atoms with Crippen LogP contribution in [-0.4, -0.2) is 85.0 Å². The van der Waals surface area contributed by atoms with E-state index in [1.54, 1.807) is 4.90 Å². The second-order valence-corrected chi connectivity index (χ2v) is 7.68. The predicted octanol–water partition coefficient (Wildman–Crippen LogP) is 1.62. The molecule has 158 valence electrons. The quantitative estimate of drug-likeness (QED) is 0.750.